The Bertz CT molecular complexity index is 1510. The van der Waals surface area contributed by atoms with Gasteiger partial charge >= 0.3 is 5.91 Å². The molecule has 1 fully saturated rings. The zero-order valence-electron chi connectivity index (χ0n) is 20.9. The van der Waals surface area contributed by atoms with Gasteiger partial charge in [0.2, 0.25) is 5.13 Å². The molecule has 4 aromatic rings. The van der Waals surface area contributed by atoms with Gasteiger partial charge in [0.1, 0.15) is 11.5 Å². The summed E-state index contributed by atoms with van der Waals surface area (Å²) in [5.41, 5.74) is 2.21. The number of rotatable bonds is 9. The number of anilines is 1. The van der Waals surface area contributed by atoms with Crippen molar-refractivity contribution in [3.05, 3.63) is 106 Å². The number of carbonyl (C=O) groups excluding carboxylic acids is 2. The summed E-state index contributed by atoms with van der Waals surface area (Å²) < 4.78 is 7.21. The number of hydrogen-bond donors (Lipinski definition) is 1. The predicted octanol–water partition coefficient (Wildman–Crippen LogP) is 7.01. The average molecular weight is 623 g/mol. The third-order valence-electron chi connectivity index (χ3n) is 6.04. The Labute approximate surface area is 242 Å². The van der Waals surface area contributed by atoms with Crippen LogP contribution in [0.1, 0.15) is 36.1 Å². The monoisotopic (exact) mass is 621 g/mol. The Morgan fingerprint density at radius 2 is 1.74 bits per heavy atom. The van der Waals surface area contributed by atoms with Crippen LogP contribution in [0.4, 0.5) is 5.13 Å². The molecule has 0 saturated carbocycles. The van der Waals surface area contributed by atoms with Crippen LogP contribution in [-0.2, 0) is 15.3 Å². The normalized spacial score (nSPS) is 16.6. The molecule has 1 atom stereocenters. The van der Waals surface area contributed by atoms with E-state index in [-0.39, 0.29) is 11.3 Å². The van der Waals surface area contributed by atoms with Crippen LogP contribution >= 0.6 is 39.0 Å². The first-order valence-corrected chi connectivity index (χ1v) is 14.9. The van der Waals surface area contributed by atoms with E-state index in [1.165, 1.54) is 28.0 Å². The Hall–Kier alpha value is -3.47. The van der Waals surface area contributed by atoms with Gasteiger partial charge < -0.3 is 9.84 Å². The lowest BCUT2D eigenvalue weighted by molar-refractivity contribution is -0.132. The molecular formula is C29H24BrN3O4S2. The molecule has 39 heavy (non-hydrogen) atoms. The van der Waals surface area contributed by atoms with E-state index in [0.29, 0.717) is 38.7 Å². The Kier molecular flexibility index (Phi) is 8.44. The maximum absolute atomic E-state index is 13.4. The van der Waals surface area contributed by atoms with Crippen molar-refractivity contribution in [2.75, 3.05) is 11.5 Å². The minimum absolute atomic E-state index is 0.00163. The molecule has 7 nitrogen and oxygen atoms in total. The number of hydrogen-bond acceptors (Lipinski definition) is 8. The van der Waals surface area contributed by atoms with Crippen molar-refractivity contribution in [2.24, 2.45) is 0 Å². The summed E-state index contributed by atoms with van der Waals surface area (Å²) in [6.07, 6.45) is 0.872. The lowest BCUT2D eigenvalue weighted by Crippen LogP contribution is -2.29. The molecule has 1 aliphatic rings. The summed E-state index contributed by atoms with van der Waals surface area (Å²) in [6.45, 7) is 2.61. The van der Waals surface area contributed by atoms with Crippen LogP contribution in [0.5, 0.6) is 5.75 Å². The van der Waals surface area contributed by atoms with Crippen molar-refractivity contribution in [2.45, 2.75) is 29.5 Å². The Morgan fingerprint density at radius 3 is 2.44 bits per heavy atom. The summed E-state index contributed by atoms with van der Waals surface area (Å²) in [4.78, 5) is 28.1. The number of thioether (sulfide) groups is 1. The molecule has 1 N–H and O–H groups in total. The van der Waals surface area contributed by atoms with Gasteiger partial charge in [0.05, 0.1) is 18.2 Å². The quantitative estimate of drug-likeness (QED) is 0.0706. The van der Waals surface area contributed by atoms with Gasteiger partial charge in [0, 0.05) is 15.8 Å². The minimum Gasteiger partial charge on any atom is -0.507 e. The van der Waals surface area contributed by atoms with Crippen LogP contribution in [0.15, 0.2) is 93.2 Å². The van der Waals surface area contributed by atoms with Gasteiger partial charge in [-0.25, -0.2) is 0 Å². The van der Waals surface area contributed by atoms with Gasteiger partial charge in [-0.3, -0.25) is 14.5 Å². The molecule has 0 bridgehead atoms. The highest BCUT2D eigenvalue weighted by Crippen LogP contribution is 2.44. The fourth-order valence-electron chi connectivity index (χ4n) is 4.15. The van der Waals surface area contributed by atoms with E-state index in [1.54, 1.807) is 48.5 Å². The van der Waals surface area contributed by atoms with E-state index >= 15 is 0 Å². The molecular weight excluding hydrogens is 598 g/mol. The summed E-state index contributed by atoms with van der Waals surface area (Å²) in [5.74, 6) is -0.412. The molecule has 1 saturated heterocycles. The molecule has 1 aromatic heterocycles. The number of amides is 1. The molecule has 1 aliphatic heterocycles. The number of aliphatic hydroxyl groups is 1. The standard InChI is InChI=1S/C29H24BrN3O4S2/c1-2-16-37-22-14-10-19(11-15-22)24-23(25(34)20-8-12-21(30)13-9-20)26(35)27(36)33(24)28-31-32-29(39-28)38-17-18-6-4-3-5-7-18/h3-15,24,34H,2,16-17H2,1H3/b25-23-. The lowest BCUT2D eigenvalue weighted by Gasteiger charge is -2.22. The van der Waals surface area contributed by atoms with Gasteiger partial charge in [-0.15, -0.1) is 10.2 Å². The molecule has 0 aliphatic carbocycles. The van der Waals surface area contributed by atoms with Crippen LogP contribution in [-0.4, -0.2) is 33.6 Å². The van der Waals surface area contributed by atoms with E-state index in [4.69, 9.17) is 4.74 Å². The number of ether oxygens (including phenoxy) is 1. The second-order valence-corrected chi connectivity index (χ2v) is 11.8. The van der Waals surface area contributed by atoms with Crippen molar-refractivity contribution >= 4 is 61.6 Å². The predicted molar refractivity (Wildman–Crippen MR) is 157 cm³/mol. The summed E-state index contributed by atoms with van der Waals surface area (Å²) in [6, 6.07) is 23.2. The van der Waals surface area contributed by atoms with E-state index in [0.717, 1.165) is 16.5 Å². The van der Waals surface area contributed by atoms with E-state index < -0.39 is 17.7 Å². The largest absolute Gasteiger partial charge is 0.507 e. The Balaban J connectivity index is 1.53. The van der Waals surface area contributed by atoms with Crippen LogP contribution in [0.3, 0.4) is 0 Å². The van der Waals surface area contributed by atoms with Crippen molar-refractivity contribution in [1.82, 2.24) is 10.2 Å². The highest BCUT2D eigenvalue weighted by atomic mass is 79.9. The fourth-order valence-corrected chi connectivity index (χ4v) is 6.24. The van der Waals surface area contributed by atoms with Gasteiger partial charge in [-0.05, 0) is 41.8 Å². The highest BCUT2D eigenvalue weighted by molar-refractivity contribution is 9.10. The van der Waals surface area contributed by atoms with Crippen molar-refractivity contribution in [3.8, 4) is 5.75 Å². The average Bonchev–Trinajstić information content (AvgIpc) is 3.53. The van der Waals surface area contributed by atoms with Crippen molar-refractivity contribution < 1.29 is 19.4 Å². The smallest absolute Gasteiger partial charge is 0.301 e. The molecule has 2 heterocycles. The van der Waals surface area contributed by atoms with Gasteiger partial charge in [-0.1, -0.05) is 101 Å². The Morgan fingerprint density at radius 1 is 1.03 bits per heavy atom. The molecule has 10 heteroatoms. The molecule has 198 valence electrons. The number of aliphatic hydroxyl groups excluding tert-OH is 1. The first kappa shape index (κ1) is 27.1. The molecule has 5 rings (SSSR count). The van der Waals surface area contributed by atoms with E-state index in [9.17, 15) is 14.7 Å². The highest BCUT2D eigenvalue weighted by Gasteiger charge is 2.48. The van der Waals surface area contributed by atoms with Gasteiger partial charge in [-0.2, -0.15) is 0 Å². The third kappa shape index (κ3) is 5.93. The topological polar surface area (TPSA) is 92.6 Å². The van der Waals surface area contributed by atoms with Crippen LogP contribution < -0.4 is 9.64 Å². The maximum atomic E-state index is 13.4. The maximum Gasteiger partial charge on any atom is 0.301 e. The van der Waals surface area contributed by atoms with Gasteiger partial charge in [0.15, 0.2) is 4.34 Å². The second-order valence-electron chi connectivity index (χ2n) is 8.72. The summed E-state index contributed by atoms with van der Waals surface area (Å²) in [5, 5.41) is 20.1. The number of halogens is 1. The number of nitrogens with zero attached hydrogens (tertiary/aromatic N) is 3. The fraction of sp³-hybridized carbons (Fsp3) is 0.172. The van der Waals surface area contributed by atoms with E-state index in [2.05, 4.69) is 26.1 Å². The van der Waals surface area contributed by atoms with Crippen LogP contribution in [0.2, 0.25) is 0 Å². The molecule has 0 radical (unpaired) electrons. The van der Waals surface area contributed by atoms with Crippen molar-refractivity contribution in [1.29, 1.82) is 0 Å². The molecule has 1 amide bonds. The summed E-state index contributed by atoms with van der Waals surface area (Å²) >= 11 is 6.13. The number of aromatic nitrogens is 2. The SMILES string of the molecule is CCCOc1ccc(C2/C(=C(/O)c3ccc(Br)cc3)C(=O)C(=O)N2c2nnc(SCc3ccccc3)s2)cc1. The minimum atomic E-state index is -0.881. The third-order valence-corrected chi connectivity index (χ3v) is 8.69. The molecule has 3 aromatic carbocycles. The zero-order chi connectivity index (χ0) is 27.4. The molecule has 1 unspecified atom stereocenters. The number of Topliss-reactive ketones (excluding diaryl/α,β-unsaturated/α-hetero) is 1. The van der Waals surface area contributed by atoms with Gasteiger partial charge in [0.25, 0.3) is 5.78 Å². The lowest BCUT2D eigenvalue weighted by atomic mass is 9.95. The first-order valence-electron chi connectivity index (χ1n) is 12.3. The van der Waals surface area contributed by atoms with Crippen molar-refractivity contribution in [3.63, 3.8) is 0 Å². The summed E-state index contributed by atoms with van der Waals surface area (Å²) in [7, 11) is 0. The second kappa shape index (κ2) is 12.1. The number of benzene rings is 3. The van der Waals surface area contributed by atoms with Crippen LogP contribution in [0, 0.1) is 0 Å². The number of ketones is 1. The zero-order valence-corrected chi connectivity index (χ0v) is 24.1. The van der Waals surface area contributed by atoms with Crippen LogP contribution in [0.25, 0.3) is 5.76 Å². The van der Waals surface area contributed by atoms with E-state index in [1.807, 2.05) is 37.3 Å². The molecule has 0 spiro atoms. The number of carbonyl (C=O) groups is 2. The first-order chi connectivity index (χ1) is 19.0.